The number of rotatable bonds is 7. The van der Waals surface area contributed by atoms with Crippen molar-refractivity contribution >= 4 is 21.8 Å². The Bertz CT molecular complexity index is 1110. The van der Waals surface area contributed by atoms with E-state index in [0.29, 0.717) is 19.4 Å². The molecule has 1 atom stereocenters. The molecule has 178 valence electrons. The van der Waals surface area contributed by atoms with E-state index in [1.165, 1.54) is 31.2 Å². The molecule has 0 saturated carbocycles. The second-order valence-electron chi connectivity index (χ2n) is 7.55. The van der Waals surface area contributed by atoms with Gasteiger partial charge in [-0.2, -0.15) is 4.31 Å². The predicted octanol–water partition coefficient (Wildman–Crippen LogP) is 1.49. The number of ether oxygens (including phenoxy) is 1. The van der Waals surface area contributed by atoms with Crippen molar-refractivity contribution in [1.82, 2.24) is 14.9 Å². The Balaban J connectivity index is 1.55. The Morgan fingerprint density at radius 1 is 1.09 bits per heavy atom. The molecule has 11 heteroatoms. The molecule has 2 aromatic carbocycles. The molecule has 3 rings (SSSR count). The first-order valence-corrected chi connectivity index (χ1v) is 11.8. The molecule has 1 aliphatic rings. The summed E-state index contributed by atoms with van der Waals surface area (Å²) >= 11 is 0. The van der Waals surface area contributed by atoms with E-state index in [-0.39, 0.29) is 35.9 Å². The monoisotopic (exact) mass is 481 g/mol. The molecule has 0 spiro atoms. The Morgan fingerprint density at radius 2 is 1.79 bits per heavy atom. The summed E-state index contributed by atoms with van der Waals surface area (Å²) in [6.45, 7) is 1.85. The lowest BCUT2D eigenvalue weighted by Gasteiger charge is -2.34. The van der Waals surface area contributed by atoms with Crippen LogP contribution in [0.25, 0.3) is 0 Å². The van der Waals surface area contributed by atoms with Crippen LogP contribution >= 0.6 is 0 Å². The number of carbonyl (C=O) groups is 2. The van der Waals surface area contributed by atoms with Crippen molar-refractivity contribution in [1.29, 1.82) is 0 Å². The second-order valence-corrected chi connectivity index (χ2v) is 9.44. The van der Waals surface area contributed by atoms with E-state index < -0.39 is 33.9 Å². The third-order valence-electron chi connectivity index (χ3n) is 5.15. The van der Waals surface area contributed by atoms with Gasteiger partial charge in [0.1, 0.15) is 17.9 Å². The van der Waals surface area contributed by atoms with Crippen LogP contribution in [0.4, 0.5) is 8.78 Å². The fraction of sp³-hybridized carbons (Fsp3) is 0.364. The molecule has 2 amide bonds. The van der Waals surface area contributed by atoms with Crippen LogP contribution in [0.1, 0.15) is 17.5 Å². The van der Waals surface area contributed by atoms with E-state index in [2.05, 4.69) is 10.6 Å². The normalized spacial score (nSPS) is 16.9. The Kier molecular flexibility index (Phi) is 8.11. The first kappa shape index (κ1) is 24.7. The number of nitrogens with one attached hydrogen (secondary N) is 2. The van der Waals surface area contributed by atoms with Crippen LogP contribution in [-0.2, 0) is 30.8 Å². The van der Waals surface area contributed by atoms with Gasteiger partial charge in [-0.05, 0) is 61.2 Å². The fourth-order valence-corrected chi connectivity index (χ4v) is 4.98. The number of hydrogen-bond acceptors (Lipinski definition) is 5. The molecule has 0 unspecified atom stereocenters. The summed E-state index contributed by atoms with van der Waals surface area (Å²) in [4.78, 5) is 24.1. The minimum atomic E-state index is -4.00. The van der Waals surface area contributed by atoms with Crippen LogP contribution in [0.2, 0.25) is 0 Å². The second kappa shape index (κ2) is 10.8. The largest absolute Gasteiger partial charge is 0.360 e. The van der Waals surface area contributed by atoms with Gasteiger partial charge in [-0.15, -0.1) is 0 Å². The van der Waals surface area contributed by atoms with Gasteiger partial charge in [0.15, 0.2) is 0 Å². The summed E-state index contributed by atoms with van der Waals surface area (Å²) in [6, 6.07) is 9.28. The molecule has 1 aliphatic heterocycles. The van der Waals surface area contributed by atoms with Gasteiger partial charge in [0.05, 0.1) is 18.0 Å². The molecule has 0 radical (unpaired) electrons. The minimum absolute atomic E-state index is 0.0817. The lowest BCUT2D eigenvalue weighted by atomic mass is 10.1. The molecule has 2 aromatic rings. The van der Waals surface area contributed by atoms with Gasteiger partial charge < -0.3 is 15.4 Å². The fourth-order valence-electron chi connectivity index (χ4n) is 3.33. The quantitative estimate of drug-likeness (QED) is 0.583. The number of nitrogens with zero attached hydrogens (tertiary/aromatic N) is 1. The van der Waals surface area contributed by atoms with Crippen molar-refractivity contribution in [3.05, 3.63) is 65.2 Å². The highest BCUT2D eigenvalue weighted by atomic mass is 32.2. The van der Waals surface area contributed by atoms with Crippen molar-refractivity contribution in [3.63, 3.8) is 0 Å². The zero-order chi connectivity index (χ0) is 24.0. The van der Waals surface area contributed by atoms with Gasteiger partial charge in [-0.3, -0.25) is 9.59 Å². The number of hydrogen-bond donors (Lipinski definition) is 2. The zero-order valence-corrected chi connectivity index (χ0v) is 18.8. The van der Waals surface area contributed by atoms with Crippen molar-refractivity contribution < 1.29 is 31.5 Å². The number of aryl methyl sites for hydroxylation is 1. The molecule has 2 N–H and O–H groups in total. The molecular formula is C22H25F2N3O5S. The molecule has 0 aromatic heterocycles. The summed E-state index contributed by atoms with van der Waals surface area (Å²) in [5, 5.41) is 4.85. The maximum absolute atomic E-state index is 13.6. The summed E-state index contributed by atoms with van der Waals surface area (Å²) in [5.74, 6) is -2.69. The summed E-state index contributed by atoms with van der Waals surface area (Å²) in [5.41, 5.74) is 0.987. The number of sulfonamides is 1. The Hall–Kier alpha value is -2.89. The molecule has 1 saturated heterocycles. The van der Waals surface area contributed by atoms with Crippen molar-refractivity contribution in [2.45, 2.75) is 30.9 Å². The lowest BCUT2D eigenvalue weighted by Crippen LogP contribution is -2.53. The van der Waals surface area contributed by atoms with Crippen molar-refractivity contribution in [2.24, 2.45) is 0 Å². The predicted molar refractivity (Wildman–Crippen MR) is 116 cm³/mol. The van der Waals surface area contributed by atoms with Gasteiger partial charge in [-0.1, -0.05) is 12.1 Å². The summed E-state index contributed by atoms with van der Waals surface area (Å²) in [7, 11) is -4.00. The third-order valence-corrected chi connectivity index (χ3v) is 7.03. The third kappa shape index (κ3) is 6.34. The summed E-state index contributed by atoms with van der Waals surface area (Å²) < 4.78 is 59.2. The van der Waals surface area contributed by atoms with Crippen LogP contribution in [-0.4, -0.2) is 57.0 Å². The van der Waals surface area contributed by atoms with Crippen molar-refractivity contribution in [3.8, 4) is 0 Å². The SMILES string of the molecule is Cc1cc(S(=O)(=O)N2CCCO[C@H]2CNC(=O)C(=O)NCCc2ccc(F)cc2)ccc1F. The highest BCUT2D eigenvalue weighted by Gasteiger charge is 2.35. The van der Waals surface area contributed by atoms with E-state index in [4.69, 9.17) is 4.74 Å². The molecule has 8 nitrogen and oxygen atoms in total. The molecular weight excluding hydrogens is 456 g/mol. The maximum atomic E-state index is 13.6. The van der Waals surface area contributed by atoms with E-state index in [1.807, 2.05) is 0 Å². The van der Waals surface area contributed by atoms with Gasteiger partial charge in [-0.25, -0.2) is 17.2 Å². The van der Waals surface area contributed by atoms with Crippen LogP contribution in [0.15, 0.2) is 47.4 Å². The molecule has 0 bridgehead atoms. The first-order chi connectivity index (χ1) is 15.7. The van der Waals surface area contributed by atoms with Gasteiger partial charge >= 0.3 is 11.8 Å². The Morgan fingerprint density at radius 3 is 2.48 bits per heavy atom. The van der Waals surface area contributed by atoms with Crippen LogP contribution in [0, 0.1) is 18.6 Å². The van der Waals surface area contributed by atoms with E-state index >= 15 is 0 Å². The van der Waals surface area contributed by atoms with E-state index in [1.54, 1.807) is 12.1 Å². The van der Waals surface area contributed by atoms with Gasteiger partial charge in [0, 0.05) is 13.1 Å². The number of carbonyl (C=O) groups excluding carboxylic acids is 2. The lowest BCUT2D eigenvalue weighted by molar-refractivity contribution is -0.140. The topological polar surface area (TPSA) is 105 Å². The first-order valence-electron chi connectivity index (χ1n) is 10.4. The maximum Gasteiger partial charge on any atom is 0.309 e. The number of amides is 2. The summed E-state index contributed by atoms with van der Waals surface area (Å²) in [6.07, 6.45) is -0.146. The average molecular weight is 482 g/mol. The van der Waals surface area contributed by atoms with Crippen LogP contribution in [0.3, 0.4) is 0 Å². The smallest absolute Gasteiger partial charge is 0.309 e. The van der Waals surface area contributed by atoms with Crippen LogP contribution < -0.4 is 10.6 Å². The average Bonchev–Trinajstić information content (AvgIpc) is 2.80. The molecule has 0 aliphatic carbocycles. The highest BCUT2D eigenvalue weighted by Crippen LogP contribution is 2.23. The number of benzene rings is 2. The number of halogens is 2. The van der Waals surface area contributed by atoms with Crippen LogP contribution in [0.5, 0.6) is 0 Å². The van der Waals surface area contributed by atoms with E-state index in [0.717, 1.165) is 15.9 Å². The molecule has 1 heterocycles. The van der Waals surface area contributed by atoms with Gasteiger partial charge in [0.25, 0.3) is 0 Å². The highest BCUT2D eigenvalue weighted by molar-refractivity contribution is 7.89. The molecule has 33 heavy (non-hydrogen) atoms. The van der Waals surface area contributed by atoms with E-state index in [9.17, 15) is 26.8 Å². The van der Waals surface area contributed by atoms with Gasteiger partial charge in [0.2, 0.25) is 10.0 Å². The van der Waals surface area contributed by atoms with Crippen molar-refractivity contribution in [2.75, 3.05) is 26.2 Å². The minimum Gasteiger partial charge on any atom is -0.360 e. The zero-order valence-electron chi connectivity index (χ0n) is 18.0. The Labute approximate surface area is 191 Å². The standard InChI is InChI=1S/C22H25F2N3O5S/c1-15-13-18(7-8-19(15)24)33(30,31)27-11-2-12-32-20(27)14-26-22(29)21(28)25-10-9-16-3-5-17(23)6-4-16/h3-8,13,20H,2,9-12,14H2,1H3,(H,25,28)(H,26,29)/t20-/m0/s1. The molecule has 1 fully saturated rings.